The van der Waals surface area contributed by atoms with Gasteiger partial charge in [-0.15, -0.1) is 0 Å². The van der Waals surface area contributed by atoms with Gasteiger partial charge in [0.2, 0.25) is 0 Å². The van der Waals surface area contributed by atoms with Gasteiger partial charge in [0, 0.05) is 6.61 Å². The van der Waals surface area contributed by atoms with Gasteiger partial charge in [0.1, 0.15) is 7.28 Å². The molecule has 0 amide bonds. The van der Waals surface area contributed by atoms with Gasteiger partial charge in [0.15, 0.2) is 0 Å². The van der Waals surface area contributed by atoms with Gasteiger partial charge in [-0.3, -0.25) is 0 Å². The highest BCUT2D eigenvalue weighted by atomic mass is 29.5. The molecule has 1 radical (unpaired) electrons. The average Bonchev–Trinajstić information content (AvgIpc) is 2.24. The molecule has 0 rings (SSSR count). The van der Waals surface area contributed by atoms with Gasteiger partial charge >= 0.3 is 25.6 Å². The van der Waals surface area contributed by atoms with Gasteiger partial charge in [0.05, 0.1) is 0 Å². The van der Waals surface area contributed by atoms with Crippen molar-refractivity contribution in [2.24, 2.45) is 0 Å². The summed E-state index contributed by atoms with van der Waals surface area (Å²) >= 11 is 0. The number of hydrogen-bond donors (Lipinski definition) is 1. The predicted octanol–water partition coefficient (Wildman–Crippen LogP) is -0.715. The fourth-order valence-corrected chi connectivity index (χ4v) is 1.33. The van der Waals surface area contributed by atoms with E-state index in [0.717, 1.165) is 12.7 Å². The van der Waals surface area contributed by atoms with E-state index in [4.69, 9.17) is 5.11 Å². The smallest absolute Gasteiger partial charge is 0.367 e. The second kappa shape index (κ2) is 15.5. The molecule has 0 aromatic heterocycles. The number of aliphatic hydroxyl groups excluding tert-OH is 1. The van der Waals surface area contributed by atoms with Crippen LogP contribution in [0.15, 0.2) is 0 Å². The number of hydrogen-bond acceptors (Lipinski definition) is 4. The molecule has 0 spiro atoms. The van der Waals surface area contributed by atoms with E-state index in [2.05, 4.69) is 14.2 Å². The van der Waals surface area contributed by atoms with Crippen molar-refractivity contribution in [2.45, 2.75) is 32.4 Å². The van der Waals surface area contributed by atoms with Gasteiger partial charge in [-0.25, -0.2) is 0 Å². The fraction of sp³-hybridized carbons (Fsp3) is 1.00. The lowest BCUT2D eigenvalue weighted by molar-refractivity contribution is 0.295. The Balaban J connectivity index is 0. The van der Waals surface area contributed by atoms with Gasteiger partial charge in [-0.2, -0.15) is 0 Å². The van der Waals surface area contributed by atoms with Crippen molar-refractivity contribution < 1.29 is 18.5 Å². The maximum Gasteiger partial charge on any atom is 0.367 e. The van der Waals surface area contributed by atoms with Crippen molar-refractivity contribution in [3.63, 3.8) is 0 Å². The summed E-state index contributed by atoms with van der Waals surface area (Å²) in [7, 11) is -2.32. The fourth-order valence-electron chi connectivity index (χ4n) is 0.612. The first-order chi connectivity index (χ1) is 6.72. The van der Waals surface area contributed by atoms with Crippen LogP contribution in [0.2, 0.25) is 12.6 Å². The highest BCUT2D eigenvalue weighted by molar-refractivity contribution is 7.25. The first-order valence-corrected chi connectivity index (χ1v) is 10.6. The largest absolute Gasteiger partial charge is 0.396 e. The van der Waals surface area contributed by atoms with Crippen molar-refractivity contribution in [3.05, 3.63) is 0 Å². The summed E-state index contributed by atoms with van der Waals surface area (Å²) in [6.45, 7) is 2.50. The summed E-state index contributed by atoms with van der Waals surface area (Å²) in [5.74, 6) is 0. The van der Waals surface area contributed by atoms with E-state index in [-0.39, 0.29) is 0 Å². The molecule has 0 atom stereocenters. The van der Waals surface area contributed by atoms with Crippen molar-refractivity contribution in [1.29, 1.82) is 0 Å². The van der Waals surface area contributed by atoms with E-state index in [1.165, 1.54) is 12.7 Å². The molecule has 0 saturated carbocycles. The van der Waals surface area contributed by atoms with Crippen molar-refractivity contribution in [1.82, 2.24) is 0 Å². The summed E-state index contributed by atoms with van der Waals surface area (Å²) in [5, 5.41) is 8.35. The Morgan fingerprint density at radius 2 is 1.86 bits per heavy atom. The van der Waals surface area contributed by atoms with Gasteiger partial charge < -0.3 is 18.5 Å². The molecular formula is C6H16BO4Si3. The van der Waals surface area contributed by atoms with Crippen LogP contribution < -0.4 is 0 Å². The quantitative estimate of drug-likeness (QED) is 0.476. The third-order valence-corrected chi connectivity index (χ3v) is 5.60. The first-order valence-electron chi connectivity index (χ1n) is 4.59. The molecule has 0 aliphatic carbocycles. The van der Waals surface area contributed by atoms with Crippen LogP contribution in [0.5, 0.6) is 0 Å². The molecule has 0 aliphatic heterocycles. The molecule has 0 aromatic carbocycles. The SMILES string of the molecule is CCC[B]CCCO.O=[SiH][Si](=O)[SiH]=O. The summed E-state index contributed by atoms with van der Waals surface area (Å²) in [5.41, 5.74) is 0. The molecule has 8 heteroatoms. The van der Waals surface area contributed by atoms with Crippen molar-refractivity contribution in [2.75, 3.05) is 6.61 Å². The van der Waals surface area contributed by atoms with Crippen molar-refractivity contribution >= 4 is 32.8 Å². The molecule has 0 unspecified atom stereocenters. The maximum absolute atomic E-state index is 9.81. The predicted molar refractivity (Wildman–Crippen MR) is 59.5 cm³/mol. The van der Waals surface area contributed by atoms with E-state index < -0.39 is 25.6 Å². The summed E-state index contributed by atoms with van der Waals surface area (Å²) in [4.78, 5) is 0. The van der Waals surface area contributed by atoms with Crippen LogP contribution in [0.1, 0.15) is 19.8 Å². The minimum atomic E-state index is -2.06. The molecule has 1 N–H and O–H groups in total. The molecular weight excluding hydrogens is 231 g/mol. The second-order valence-electron chi connectivity index (χ2n) is 2.58. The zero-order chi connectivity index (χ0) is 11.2. The van der Waals surface area contributed by atoms with E-state index in [1.807, 2.05) is 0 Å². The third-order valence-electron chi connectivity index (χ3n) is 1.29. The summed E-state index contributed by atoms with van der Waals surface area (Å²) < 4.78 is 28.8. The Hall–Kier alpha value is 0.0756. The lowest BCUT2D eigenvalue weighted by Crippen LogP contribution is -2.05. The Kier molecular flexibility index (Phi) is 18.3. The normalized spacial score (nSPS) is 8.14. The van der Waals surface area contributed by atoms with E-state index in [9.17, 15) is 13.4 Å². The molecule has 14 heavy (non-hydrogen) atoms. The Bertz CT molecular complexity index is 151. The summed E-state index contributed by atoms with van der Waals surface area (Å²) in [6, 6.07) is 0. The molecule has 0 heterocycles. The van der Waals surface area contributed by atoms with Crippen LogP contribution >= 0.6 is 0 Å². The first kappa shape index (κ1) is 16.5. The van der Waals surface area contributed by atoms with Crippen LogP contribution in [0, 0.1) is 0 Å². The van der Waals surface area contributed by atoms with Crippen LogP contribution in [0.4, 0.5) is 0 Å². The van der Waals surface area contributed by atoms with Crippen LogP contribution in [0.3, 0.4) is 0 Å². The minimum absolute atomic E-state index is 0.334. The lowest BCUT2D eigenvalue weighted by Gasteiger charge is -1.91. The van der Waals surface area contributed by atoms with Crippen molar-refractivity contribution in [3.8, 4) is 0 Å². The van der Waals surface area contributed by atoms with Crippen LogP contribution in [0.25, 0.3) is 0 Å². The second-order valence-corrected chi connectivity index (χ2v) is 10.7. The highest BCUT2D eigenvalue weighted by Gasteiger charge is 1.97. The van der Waals surface area contributed by atoms with E-state index in [0.29, 0.717) is 6.61 Å². The molecule has 0 bridgehead atoms. The average molecular weight is 247 g/mol. The maximum atomic E-state index is 9.81. The lowest BCUT2D eigenvalue weighted by atomic mass is 9.69. The molecule has 0 aromatic rings. The third kappa shape index (κ3) is 18.0. The molecule has 0 saturated heterocycles. The monoisotopic (exact) mass is 247 g/mol. The number of rotatable bonds is 7. The van der Waals surface area contributed by atoms with Crippen LogP contribution in [-0.4, -0.2) is 44.6 Å². The van der Waals surface area contributed by atoms with Gasteiger partial charge in [-0.05, 0) is 6.42 Å². The minimum Gasteiger partial charge on any atom is -0.396 e. The molecule has 0 fully saturated rings. The standard InChI is InChI=1S/C6H14BO.H2O3Si3/c1-2-4-7-5-3-6-8;1-4-6(3)5-2/h8H,2-6H2,1H3;4-5H. The zero-order valence-electron chi connectivity index (χ0n) is 8.44. The number of aliphatic hydroxyl groups is 1. The Morgan fingerprint density at radius 1 is 1.29 bits per heavy atom. The zero-order valence-corrected chi connectivity index (χ0v) is 11.7. The molecule has 4 nitrogen and oxygen atoms in total. The summed E-state index contributed by atoms with van der Waals surface area (Å²) in [6.07, 6.45) is 4.43. The van der Waals surface area contributed by atoms with Crippen LogP contribution in [-0.2, 0) is 13.4 Å². The Morgan fingerprint density at radius 3 is 2.14 bits per heavy atom. The highest BCUT2D eigenvalue weighted by Crippen LogP contribution is 1.92. The molecule has 0 aliphatic rings. The van der Waals surface area contributed by atoms with Gasteiger partial charge in [-0.1, -0.05) is 26.0 Å². The van der Waals surface area contributed by atoms with E-state index >= 15 is 0 Å². The topological polar surface area (TPSA) is 71.4 Å². The van der Waals surface area contributed by atoms with Gasteiger partial charge in [0.25, 0.3) is 0 Å². The van der Waals surface area contributed by atoms with E-state index in [1.54, 1.807) is 0 Å². The Labute approximate surface area is 90.7 Å². The molecule has 79 valence electrons.